The van der Waals surface area contributed by atoms with Gasteiger partial charge in [0.15, 0.2) is 0 Å². The normalized spacial score (nSPS) is 25.4. The van der Waals surface area contributed by atoms with Gasteiger partial charge in [0.1, 0.15) is 6.33 Å². The molecule has 0 atom stereocenters. The summed E-state index contributed by atoms with van der Waals surface area (Å²) < 4.78 is 0. The number of rotatable bonds is 5. The van der Waals surface area contributed by atoms with Crippen molar-refractivity contribution >= 4 is 17.3 Å². The molecule has 0 radical (unpaired) electrons. The second-order valence-corrected chi connectivity index (χ2v) is 5.69. The van der Waals surface area contributed by atoms with Crippen LogP contribution >= 0.6 is 0 Å². The van der Waals surface area contributed by atoms with E-state index in [1.165, 1.54) is 6.33 Å². The van der Waals surface area contributed by atoms with Crippen LogP contribution in [0.5, 0.6) is 0 Å². The summed E-state index contributed by atoms with van der Waals surface area (Å²) in [6, 6.07) is 0. The Morgan fingerprint density at radius 1 is 1.43 bits per heavy atom. The molecular formula is C13H21N5O3. The van der Waals surface area contributed by atoms with Gasteiger partial charge in [-0.2, -0.15) is 0 Å². The van der Waals surface area contributed by atoms with Crippen molar-refractivity contribution in [2.24, 2.45) is 5.92 Å². The highest BCUT2D eigenvalue weighted by Crippen LogP contribution is 2.33. The molecule has 1 aliphatic carbocycles. The minimum absolute atomic E-state index is 0.131. The van der Waals surface area contributed by atoms with Crippen LogP contribution in [0.25, 0.3) is 0 Å². The molecule has 8 heteroatoms. The van der Waals surface area contributed by atoms with Gasteiger partial charge in [-0.15, -0.1) is 0 Å². The number of aromatic nitrogens is 2. The van der Waals surface area contributed by atoms with Crippen molar-refractivity contribution in [3.63, 3.8) is 0 Å². The average molecular weight is 295 g/mol. The standard InChI is InChI=1S/C13H21N5O3/c1-9-3-5-13(19,6-4-9)7-15-12-10(18(20)21)11(14-2)16-8-17-12/h8-9,19H,3-7H2,1-2H3,(H2,14,15,16,17). The quantitative estimate of drug-likeness (QED) is 0.560. The maximum Gasteiger partial charge on any atom is 0.353 e. The Labute approximate surface area is 123 Å². The largest absolute Gasteiger partial charge is 0.388 e. The molecule has 1 fully saturated rings. The van der Waals surface area contributed by atoms with Gasteiger partial charge in [0.2, 0.25) is 11.6 Å². The second kappa shape index (κ2) is 6.21. The van der Waals surface area contributed by atoms with Crippen molar-refractivity contribution in [1.29, 1.82) is 0 Å². The van der Waals surface area contributed by atoms with E-state index < -0.39 is 10.5 Å². The third-order valence-corrected chi connectivity index (χ3v) is 4.03. The van der Waals surface area contributed by atoms with Crippen LogP contribution < -0.4 is 10.6 Å². The summed E-state index contributed by atoms with van der Waals surface area (Å²) >= 11 is 0. The van der Waals surface area contributed by atoms with Gasteiger partial charge >= 0.3 is 5.69 Å². The zero-order valence-corrected chi connectivity index (χ0v) is 12.3. The Morgan fingerprint density at radius 2 is 2.05 bits per heavy atom. The fourth-order valence-electron chi connectivity index (χ4n) is 2.59. The van der Waals surface area contributed by atoms with Crippen molar-refractivity contribution in [2.45, 2.75) is 38.2 Å². The van der Waals surface area contributed by atoms with Gasteiger partial charge in [-0.1, -0.05) is 6.92 Å². The van der Waals surface area contributed by atoms with Crippen LogP contribution in [-0.2, 0) is 0 Å². The fraction of sp³-hybridized carbons (Fsp3) is 0.692. The molecule has 1 aliphatic rings. The molecule has 0 aliphatic heterocycles. The Kier molecular flexibility index (Phi) is 4.56. The van der Waals surface area contributed by atoms with E-state index in [1.54, 1.807) is 7.05 Å². The summed E-state index contributed by atoms with van der Waals surface area (Å²) in [6.07, 6.45) is 4.57. The summed E-state index contributed by atoms with van der Waals surface area (Å²) in [6.45, 7) is 2.42. The smallest absolute Gasteiger partial charge is 0.353 e. The van der Waals surface area contributed by atoms with Crippen LogP contribution in [0.1, 0.15) is 32.6 Å². The van der Waals surface area contributed by atoms with Gasteiger partial charge in [-0.3, -0.25) is 10.1 Å². The molecule has 21 heavy (non-hydrogen) atoms. The van der Waals surface area contributed by atoms with Gasteiger partial charge in [-0.25, -0.2) is 9.97 Å². The number of aliphatic hydroxyl groups is 1. The third kappa shape index (κ3) is 3.57. The van der Waals surface area contributed by atoms with E-state index in [0.29, 0.717) is 18.8 Å². The van der Waals surface area contributed by atoms with Crippen LogP contribution in [-0.4, -0.2) is 39.2 Å². The molecule has 2 rings (SSSR count). The molecule has 1 aromatic heterocycles. The molecule has 0 amide bonds. The molecule has 0 unspecified atom stereocenters. The van der Waals surface area contributed by atoms with Gasteiger partial charge in [0.05, 0.1) is 10.5 Å². The summed E-state index contributed by atoms with van der Waals surface area (Å²) in [7, 11) is 1.56. The molecule has 0 saturated heterocycles. The van der Waals surface area contributed by atoms with Crippen LogP contribution in [0.3, 0.4) is 0 Å². The Morgan fingerprint density at radius 3 is 2.62 bits per heavy atom. The molecule has 1 aromatic rings. The molecule has 116 valence electrons. The molecule has 0 spiro atoms. The van der Waals surface area contributed by atoms with E-state index in [0.717, 1.165) is 12.8 Å². The zero-order valence-electron chi connectivity index (χ0n) is 12.3. The molecule has 8 nitrogen and oxygen atoms in total. The van der Waals surface area contributed by atoms with Crippen LogP contribution in [0.4, 0.5) is 17.3 Å². The first-order valence-electron chi connectivity index (χ1n) is 7.08. The van der Waals surface area contributed by atoms with Gasteiger partial charge in [0, 0.05) is 13.6 Å². The maximum atomic E-state index is 11.2. The Balaban J connectivity index is 2.11. The predicted molar refractivity (Wildman–Crippen MR) is 79.3 cm³/mol. The Hall–Kier alpha value is -1.96. The highest BCUT2D eigenvalue weighted by molar-refractivity contribution is 5.69. The fourth-order valence-corrected chi connectivity index (χ4v) is 2.59. The van der Waals surface area contributed by atoms with E-state index in [9.17, 15) is 15.2 Å². The summed E-state index contributed by atoms with van der Waals surface area (Å²) in [5.41, 5.74) is -1.03. The minimum atomic E-state index is -0.828. The van der Waals surface area contributed by atoms with Crippen molar-refractivity contribution in [1.82, 2.24) is 9.97 Å². The summed E-state index contributed by atoms with van der Waals surface area (Å²) in [5, 5.41) is 27.3. The lowest BCUT2D eigenvalue weighted by Crippen LogP contribution is -2.40. The lowest BCUT2D eigenvalue weighted by Gasteiger charge is -2.35. The van der Waals surface area contributed by atoms with E-state index >= 15 is 0 Å². The third-order valence-electron chi connectivity index (χ3n) is 4.03. The Bertz CT molecular complexity index is 515. The minimum Gasteiger partial charge on any atom is -0.388 e. The average Bonchev–Trinajstić information content (AvgIpc) is 2.48. The van der Waals surface area contributed by atoms with Gasteiger partial charge in [0.25, 0.3) is 0 Å². The first kappa shape index (κ1) is 15.4. The van der Waals surface area contributed by atoms with Crippen molar-refractivity contribution in [3.05, 3.63) is 16.4 Å². The molecular weight excluding hydrogens is 274 g/mol. The zero-order chi connectivity index (χ0) is 15.5. The first-order valence-corrected chi connectivity index (χ1v) is 7.08. The monoisotopic (exact) mass is 295 g/mol. The molecule has 0 aromatic carbocycles. The first-order chi connectivity index (χ1) is 9.95. The predicted octanol–water partition coefficient (Wildman–Crippen LogP) is 1.78. The lowest BCUT2D eigenvalue weighted by atomic mass is 9.79. The number of hydrogen-bond acceptors (Lipinski definition) is 7. The van der Waals surface area contributed by atoms with E-state index in [4.69, 9.17) is 0 Å². The van der Waals surface area contributed by atoms with Crippen LogP contribution in [0.2, 0.25) is 0 Å². The summed E-state index contributed by atoms with van der Waals surface area (Å²) in [5.74, 6) is 0.905. The van der Waals surface area contributed by atoms with Gasteiger partial charge in [-0.05, 0) is 31.6 Å². The molecule has 3 N–H and O–H groups in total. The molecule has 0 bridgehead atoms. The molecule has 1 saturated carbocycles. The molecule has 1 heterocycles. The van der Waals surface area contributed by atoms with Crippen molar-refractivity contribution in [2.75, 3.05) is 24.2 Å². The number of hydrogen-bond donors (Lipinski definition) is 3. The lowest BCUT2D eigenvalue weighted by molar-refractivity contribution is -0.383. The summed E-state index contributed by atoms with van der Waals surface area (Å²) in [4.78, 5) is 18.4. The number of anilines is 2. The van der Waals surface area contributed by atoms with E-state index in [1.807, 2.05) is 0 Å². The highest BCUT2D eigenvalue weighted by atomic mass is 16.6. The van der Waals surface area contributed by atoms with Crippen LogP contribution in [0.15, 0.2) is 6.33 Å². The van der Waals surface area contributed by atoms with Crippen LogP contribution in [0, 0.1) is 16.0 Å². The number of nitro groups is 1. The number of nitrogens with zero attached hydrogens (tertiary/aromatic N) is 3. The SMILES string of the molecule is CNc1ncnc(NCC2(O)CCC(C)CC2)c1[N+](=O)[O-]. The van der Waals surface area contributed by atoms with E-state index in [-0.39, 0.29) is 23.9 Å². The number of nitrogens with one attached hydrogen (secondary N) is 2. The van der Waals surface area contributed by atoms with Crippen molar-refractivity contribution < 1.29 is 10.0 Å². The van der Waals surface area contributed by atoms with Crippen molar-refractivity contribution in [3.8, 4) is 0 Å². The highest BCUT2D eigenvalue weighted by Gasteiger charge is 2.33. The second-order valence-electron chi connectivity index (χ2n) is 5.69. The van der Waals surface area contributed by atoms with Gasteiger partial charge < -0.3 is 15.7 Å². The maximum absolute atomic E-state index is 11.2. The van der Waals surface area contributed by atoms with E-state index in [2.05, 4.69) is 27.5 Å². The topological polar surface area (TPSA) is 113 Å².